The third-order valence-electron chi connectivity index (χ3n) is 6.80. The van der Waals surface area contributed by atoms with E-state index in [9.17, 15) is 14.7 Å². The summed E-state index contributed by atoms with van der Waals surface area (Å²) in [7, 11) is 0. The number of benzene rings is 4. The van der Waals surface area contributed by atoms with Gasteiger partial charge >= 0.3 is 6.16 Å². The molecule has 1 heterocycles. The average molecular weight is 522 g/mol. The van der Waals surface area contributed by atoms with E-state index in [-0.39, 0.29) is 28.8 Å². The molecule has 4 aromatic rings. The number of aromatic hydroxyl groups is 1. The van der Waals surface area contributed by atoms with Gasteiger partial charge in [-0.15, -0.1) is 0 Å². The van der Waals surface area contributed by atoms with Crippen molar-refractivity contribution in [3.05, 3.63) is 101 Å². The summed E-state index contributed by atoms with van der Waals surface area (Å²) in [4.78, 5) is 26.3. The highest BCUT2D eigenvalue weighted by molar-refractivity contribution is 6.55. The Morgan fingerprint density at radius 3 is 2.49 bits per heavy atom. The number of hydrogen-bond acceptors (Lipinski definition) is 6. The Morgan fingerprint density at radius 2 is 1.74 bits per heavy atom. The highest BCUT2D eigenvalue weighted by Crippen LogP contribution is 2.39. The van der Waals surface area contributed by atoms with Crippen molar-refractivity contribution in [2.24, 2.45) is 5.10 Å². The molecule has 0 unspecified atom stereocenters. The topological polar surface area (TPSA) is 111 Å². The van der Waals surface area contributed by atoms with E-state index in [0.29, 0.717) is 16.7 Å². The monoisotopic (exact) mass is 521 g/mol. The van der Waals surface area contributed by atoms with Gasteiger partial charge in [-0.2, -0.15) is 5.10 Å². The molecule has 8 heteroatoms. The van der Waals surface area contributed by atoms with Gasteiger partial charge in [0.05, 0.1) is 11.4 Å². The molecular weight excluding hydrogens is 494 g/mol. The van der Waals surface area contributed by atoms with E-state index < -0.39 is 6.16 Å². The molecular formula is C31H27N3O5. The number of phenols is 1. The van der Waals surface area contributed by atoms with Crippen molar-refractivity contribution in [1.29, 1.82) is 0 Å². The van der Waals surface area contributed by atoms with Crippen LogP contribution in [-0.4, -0.2) is 28.0 Å². The lowest BCUT2D eigenvalue weighted by Crippen LogP contribution is -2.26. The van der Waals surface area contributed by atoms with E-state index in [4.69, 9.17) is 9.84 Å². The van der Waals surface area contributed by atoms with Crippen LogP contribution in [0.25, 0.3) is 11.1 Å². The van der Waals surface area contributed by atoms with Crippen LogP contribution in [0.15, 0.2) is 84.0 Å². The molecule has 196 valence electrons. The summed E-state index contributed by atoms with van der Waals surface area (Å²) in [6, 6.07) is 23.2. The normalized spacial score (nSPS) is 13.5. The molecule has 39 heavy (non-hydrogen) atoms. The van der Waals surface area contributed by atoms with Crippen molar-refractivity contribution in [3.8, 4) is 22.6 Å². The molecule has 4 aromatic carbocycles. The first-order valence-corrected chi connectivity index (χ1v) is 12.5. The third kappa shape index (κ3) is 4.92. The summed E-state index contributed by atoms with van der Waals surface area (Å²) in [6.45, 7) is 6.11. The highest BCUT2D eigenvalue weighted by Gasteiger charge is 2.35. The van der Waals surface area contributed by atoms with Crippen LogP contribution in [0.3, 0.4) is 0 Å². The summed E-state index contributed by atoms with van der Waals surface area (Å²) in [6.07, 6.45) is -0.600. The summed E-state index contributed by atoms with van der Waals surface area (Å²) >= 11 is 0. The zero-order valence-electron chi connectivity index (χ0n) is 21.7. The Bertz CT molecular complexity index is 1640. The van der Waals surface area contributed by atoms with E-state index in [1.54, 1.807) is 35.2 Å². The number of hydrogen-bond donors (Lipinski definition) is 3. The molecule has 5 rings (SSSR count). The Morgan fingerprint density at radius 1 is 0.949 bits per heavy atom. The zero-order chi connectivity index (χ0) is 27.7. The van der Waals surface area contributed by atoms with Crippen molar-refractivity contribution < 1.29 is 24.5 Å². The predicted octanol–water partition coefficient (Wildman–Crippen LogP) is 6.79. The van der Waals surface area contributed by atoms with Gasteiger partial charge in [-0.25, -0.2) is 4.79 Å². The molecule has 0 fully saturated rings. The number of aryl methyl sites for hydroxylation is 3. The number of nitrogens with one attached hydrogen (secondary N) is 1. The maximum atomic E-state index is 13.7. The van der Waals surface area contributed by atoms with Crippen molar-refractivity contribution in [2.45, 2.75) is 27.2 Å². The molecule has 0 spiro atoms. The van der Waals surface area contributed by atoms with Crippen molar-refractivity contribution in [3.63, 3.8) is 0 Å². The standard InChI is InChI=1S/C31H27N3O5/c1-4-20-12-14-25-27(16-20)34(22-13-11-18(2)19(3)15-22)30(36)28(25)33-32-26-10-6-9-24(29(26)35)21-7-5-8-23(17-21)39-31(37)38/h5-17,32,35H,4H2,1-3H3,(H,37,38). The summed E-state index contributed by atoms with van der Waals surface area (Å²) in [5.74, 6) is -0.250. The second-order valence-electron chi connectivity index (χ2n) is 9.28. The molecule has 1 aliphatic heterocycles. The molecule has 1 amide bonds. The first kappa shape index (κ1) is 25.5. The number of fused-ring (bicyclic) bond motifs is 1. The van der Waals surface area contributed by atoms with Gasteiger partial charge in [0.2, 0.25) is 0 Å². The quantitative estimate of drug-likeness (QED) is 0.111. The van der Waals surface area contributed by atoms with Crippen molar-refractivity contribution in [2.75, 3.05) is 10.3 Å². The van der Waals surface area contributed by atoms with E-state index >= 15 is 0 Å². The number of rotatable bonds is 6. The smallest absolute Gasteiger partial charge is 0.505 e. The maximum absolute atomic E-state index is 13.7. The number of carboxylic acid groups (broad SMARTS) is 1. The molecule has 3 N–H and O–H groups in total. The fourth-order valence-electron chi connectivity index (χ4n) is 4.55. The van der Waals surface area contributed by atoms with E-state index in [1.165, 1.54) is 12.1 Å². The lowest BCUT2D eigenvalue weighted by Gasteiger charge is -2.18. The highest BCUT2D eigenvalue weighted by atomic mass is 16.7. The van der Waals surface area contributed by atoms with Gasteiger partial charge in [0, 0.05) is 16.8 Å². The van der Waals surface area contributed by atoms with Gasteiger partial charge in [0.25, 0.3) is 5.91 Å². The largest absolute Gasteiger partial charge is 0.511 e. The van der Waals surface area contributed by atoms with Crippen LogP contribution in [0.5, 0.6) is 11.5 Å². The van der Waals surface area contributed by atoms with E-state index in [0.717, 1.165) is 34.5 Å². The first-order chi connectivity index (χ1) is 18.8. The van der Waals surface area contributed by atoms with Crippen LogP contribution in [-0.2, 0) is 11.2 Å². The third-order valence-corrected chi connectivity index (χ3v) is 6.80. The zero-order valence-corrected chi connectivity index (χ0v) is 21.7. The molecule has 0 saturated heterocycles. The Hall–Kier alpha value is -5.11. The van der Waals surface area contributed by atoms with Crippen LogP contribution in [0.1, 0.15) is 29.2 Å². The number of anilines is 3. The van der Waals surface area contributed by atoms with Crippen LogP contribution in [0.4, 0.5) is 21.9 Å². The number of carbonyl (C=O) groups excluding carboxylic acids is 1. The molecule has 0 saturated carbocycles. The molecule has 0 atom stereocenters. The van der Waals surface area contributed by atoms with Gasteiger partial charge in [0.15, 0.2) is 5.71 Å². The summed E-state index contributed by atoms with van der Waals surface area (Å²) in [5, 5.41) is 24.4. The van der Waals surface area contributed by atoms with Crippen molar-refractivity contribution >= 4 is 34.8 Å². The molecule has 0 radical (unpaired) electrons. The van der Waals surface area contributed by atoms with Gasteiger partial charge < -0.3 is 14.9 Å². The van der Waals surface area contributed by atoms with Crippen LogP contribution in [0, 0.1) is 13.8 Å². The van der Waals surface area contributed by atoms with Gasteiger partial charge in [0.1, 0.15) is 11.5 Å². The van der Waals surface area contributed by atoms with Crippen LogP contribution >= 0.6 is 0 Å². The Balaban J connectivity index is 1.51. The van der Waals surface area contributed by atoms with E-state index in [1.807, 2.05) is 50.2 Å². The summed E-state index contributed by atoms with van der Waals surface area (Å²) in [5.41, 5.74) is 9.91. The Labute approximate surface area is 225 Å². The minimum Gasteiger partial charge on any atom is -0.505 e. The van der Waals surface area contributed by atoms with E-state index in [2.05, 4.69) is 17.5 Å². The van der Waals surface area contributed by atoms with Crippen molar-refractivity contribution in [1.82, 2.24) is 0 Å². The molecule has 1 aliphatic rings. The van der Waals surface area contributed by atoms with Gasteiger partial charge in [-0.1, -0.05) is 49.4 Å². The van der Waals surface area contributed by atoms with Gasteiger partial charge in [-0.05, 0) is 78.9 Å². The SMILES string of the molecule is CCc1ccc2c(c1)N(c1ccc(C)c(C)c1)C(=O)C2=NNc1cccc(-c2cccc(OC(=O)O)c2)c1O. The molecule has 8 nitrogen and oxygen atoms in total. The second kappa shape index (κ2) is 10.3. The number of amides is 1. The number of carbonyl (C=O) groups is 2. The number of ether oxygens (including phenoxy) is 1. The molecule has 0 aromatic heterocycles. The Kier molecular flexibility index (Phi) is 6.77. The minimum absolute atomic E-state index is 0.104. The van der Waals surface area contributed by atoms with Gasteiger partial charge in [-0.3, -0.25) is 15.1 Å². The van der Waals surface area contributed by atoms with Crippen LogP contribution in [0.2, 0.25) is 0 Å². The maximum Gasteiger partial charge on any atom is 0.511 e. The fraction of sp³-hybridized carbons (Fsp3) is 0.129. The lowest BCUT2D eigenvalue weighted by atomic mass is 10.0. The second-order valence-corrected chi connectivity index (χ2v) is 9.28. The lowest BCUT2D eigenvalue weighted by molar-refractivity contribution is -0.111. The van der Waals surface area contributed by atoms with Crippen LogP contribution < -0.4 is 15.1 Å². The minimum atomic E-state index is -1.43. The number of para-hydroxylation sites is 1. The molecule has 0 bridgehead atoms. The predicted molar refractivity (Wildman–Crippen MR) is 151 cm³/mol. The average Bonchev–Trinajstić information content (AvgIpc) is 3.19. The molecule has 0 aliphatic carbocycles. The number of hydrazone groups is 1. The first-order valence-electron chi connectivity index (χ1n) is 12.5. The number of phenolic OH excluding ortho intramolecular Hbond substituents is 1. The number of nitrogens with zero attached hydrogens (tertiary/aromatic N) is 2. The summed E-state index contributed by atoms with van der Waals surface area (Å²) < 4.78 is 4.74. The fourth-order valence-corrected chi connectivity index (χ4v) is 4.55.